The number of benzene rings is 2. The van der Waals surface area contributed by atoms with E-state index in [0.29, 0.717) is 23.9 Å². The minimum atomic E-state index is -0.326. The van der Waals surface area contributed by atoms with Crippen LogP contribution < -0.4 is 4.90 Å². The van der Waals surface area contributed by atoms with Crippen molar-refractivity contribution in [2.45, 2.75) is 25.4 Å². The molecule has 1 fully saturated rings. The highest BCUT2D eigenvalue weighted by Crippen LogP contribution is 2.35. The van der Waals surface area contributed by atoms with Crippen LogP contribution in [0.3, 0.4) is 0 Å². The maximum Gasteiger partial charge on any atom is 0.274 e. The Hall–Kier alpha value is -3.81. The molecule has 0 amide bonds. The molecule has 8 nitrogen and oxygen atoms in total. The van der Waals surface area contributed by atoms with E-state index in [1.807, 2.05) is 48.5 Å². The number of nitro groups is 1. The van der Waals surface area contributed by atoms with Crippen LogP contribution in [0.2, 0.25) is 0 Å². The van der Waals surface area contributed by atoms with Gasteiger partial charge in [-0.2, -0.15) is 14.6 Å². The number of nitro benzene ring substituents is 1. The summed E-state index contributed by atoms with van der Waals surface area (Å²) in [5.41, 5.74) is 2.59. The van der Waals surface area contributed by atoms with Crippen LogP contribution in [0.5, 0.6) is 0 Å². The second-order valence-electron chi connectivity index (χ2n) is 7.08. The lowest BCUT2D eigenvalue weighted by Gasteiger charge is -2.25. The molecule has 0 atom stereocenters. The van der Waals surface area contributed by atoms with Crippen molar-refractivity contribution in [1.29, 1.82) is 0 Å². The van der Waals surface area contributed by atoms with Crippen LogP contribution in [0.1, 0.15) is 18.4 Å². The van der Waals surface area contributed by atoms with Crippen molar-refractivity contribution in [3.63, 3.8) is 0 Å². The molecule has 0 unspecified atom stereocenters. The minimum absolute atomic E-state index is 0.130. The third-order valence-corrected chi connectivity index (χ3v) is 5.11. The molecular formula is C21H18N6O2. The molecule has 2 aromatic carbocycles. The van der Waals surface area contributed by atoms with Crippen LogP contribution in [-0.4, -0.2) is 30.5 Å². The van der Waals surface area contributed by atoms with Gasteiger partial charge >= 0.3 is 0 Å². The summed E-state index contributed by atoms with van der Waals surface area (Å²) in [5.74, 6) is 1.35. The molecule has 144 valence electrons. The van der Waals surface area contributed by atoms with Crippen LogP contribution in [-0.2, 0) is 6.54 Å². The first-order valence-corrected chi connectivity index (χ1v) is 9.46. The Labute approximate surface area is 166 Å². The maximum absolute atomic E-state index is 11.5. The molecule has 4 aromatic rings. The first-order valence-electron chi connectivity index (χ1n) is 9.46. The summed E-state index contributed by atoms with van der Waals surface area (Å²) in [4.78, 5) is 22.3. The quantitative estimate of drug-likeness (QED) is 0.369. The van der Waals surface area contributed by atoms with Crippen molar-refractivity contribution in [1.82, 2.24) is 19.6 Å². The Bertz CT molecular complexity index is 1190. The SMILES string of the molecule is O=[N+]([O-])c1ccccc1CN(c1cc(-c2ccccc2)nc2ncnn12)C1CC1. The van der Waals surface area contributed by atoms with Gasteiger partial charge in [0.2, 0.25) is 0 Å². The van der Waals surface area contributed by atoms with Gasteiger partial charge in [-0.1, -0.05) is 48.5 Å². The fourth-order valence-electron chi connectivity index (χ4n) is 3.55. The molecule has 1 saturated carbocycles. The fourth-order valence-corrected chi connectivity index (χ4v) is 3.55. The smallest absolute Gasteiger partial charge is 0.274 e. The van der Waals surface area contributed by atoms with Gasteiger partial charge in [0.1, 0.15) is 12.1 Å². The number of rotatable bonds is 6. The van der Waals surface area contributed by atoms with E-state index in [1.165, 1.54) is 6.33 Å². The zero-order valence-corrected chi connectivity index (χ0v) is 15.5. The number of anilines is 1. The highest BCUT2D eigenvalue weighted by molar-refractivity contribution is 5.66. The second kappa shape index (κ2) is 6.97. The number of para-hydroxylation sites is 1. The molecule has 1 aliphatic carbocycles. The summed E-state index contributed by atoms with van der Waals surface area (Å²) in [7, 11) is 0. The highest BCUT2D eigenvalue weighted by Gasteiger charge is 2.32. The van der Waals surface area contributed by atoms with Gasteiger partial charge in [0, 0.05) is 29.3 Å². The van der Waals surface area contributed by atoms with Crippen LogP contribution in [0.25, 0.3) is 17.0 Å². The van der Waals surface area contributed by atoms with E-state index >= 15 is 0 Å². The molecule has 0 radical (unpaired) electrons. The molecule has 0 bridgehead atoms. The van der Waals surface area contributed by atoms with Gasteiger partial charge in [-0.05, 0) is 12.8 Å². The average Bonchev–Trinajstić information content (AvgIpc) is 3.48. The standard InChI is InChI=1S/C21H18N6O2/c28-27(29)19-9-5-4-8-16(19)13-25(17-10-11-17)20-12-18(15-6-2-1-3-7-15)24-21-22-14-23-26(20)21/h1-9,12,14,17H,10-11,13H2. The van der Waals surface area contributed by atoms with E-state index in [9.17, 15) is 10.1 Å². The third kappa shape index (κ3) is 3.29. The lowest BCUT2D eigenvalue weighted by atomic mass is 10.1. The molecule has 2 aromatic heterocycles. The summed E-state index contributed by atoms with van der Waals surface area (Å²) in [5, 5.41) is 15.8. The monoisotopic (exact) mass is 386 g/mol. The van der Waals surface area contributed by atoms with E-state index in [2.05, 4.69) is 20.0 Å². The van der Waals surface area contributed by atoms with Crippen LogP contribution >= 0.6 is 0 Å². The van der Waals surface area contributed by atoms with E-state index in [4.69, 9.17) is 0 Å². The molecule has 0 N–H and O–H groups in total. The van der Waals surface area contributed by atoms with E-state index in [0.717, 1.165) is 29.9 Å². The maximum atomic E-state index is 11.5. The van der Waals surface area contributed by atoms with Gasteiger partial charge < -0.3 is 4.90 Å². The lowest BCUT2D eigenvalue weighted by molar-refractivity contribution is -0.385. The van der Waals surface area contributed by atoms with Gasteiger partial charge in [-0.3, -0.25) is 10.1 Å². The molecule has 8 heteroatoms. The summed E-state index contributed by atoms with van der Waals surface area (Å²) in [6.07, 6.45) is 3.57. The fraction of sp³-hybridized carbons (Fsp3) is 0.190. The van der Waals surface area contributed by atoms with E-state index in [1.54, 1.807) is 16.6 Å². The van der Waals surface area contributed by atoms with Crippen molar-refractivity contribution in [3.05, 3.63) is 82.7 Å². The van der Waals surface area contributed by atoms with Gasteiger partial charge in [0.15, 0.2) is 0 Å². The largest absolute Gasteiger partial charge is 0.349 e. The van der Waals surface area contributed by atoms with Gasteiger partial charge in [0.25, 0.3) is 11.5 Å². The number of hydrogen-bond acceptors (Lipinski definition) is 6. The predicted octanol–water partition coefficient (Wildman–Crippen LogP) is 3.87. The average molecular weight is 386 g/mol. The second-order valence-corrected chi connectivity index (χ2v) is 7.08. The zero-order chi connectivity index (χ0) is 19.8. The van der Waals surface area contributed by atoms with E-state index in [-0.39, 0.29) is 10.6 Å². The van der Waals surface area contributed by atoms with Crippen LogP contribution in [0.15, 0.2) is 67.0 Å². The van der Waals surface area contributed by atoms with Gasteiger partial charge in [0.05, 0.1) is 17.2 Å². The lowest BCUT2D eigenvalue weighted by Crippen LogP contribution is -2.28. The predicted molar refractivity (Wildman–Crippen MR) is 109 cm³/mol. The molecular weight excluding hydrogens is 368 g/mol. The molecule has 29 heavy (non-hydrogen) atoms. The number of fused-ring (bicyclic) bond motifs is 1. The van der Waals surface area contributed by atoms with Crippen LogP contribution in [0.4, 0.5) is 11.5 Å². The zero-order valence-electron chi connectivity index (χ0n) is 15.5. The Morgan fingerprint density at radius 1 is 1.10 bits per heavy atom. The molecule has 0 spiro atoms. The first kappa shape index (κ1) is 17.3. The molecule has 1 aliphatic rings. The summed E-state index contributed by atoms with van der Waals surface area (Å²) < 4.78 is 1.71. The summed E-state index contributed by atoms with van der Waals surface area (Å²) in [6.45, 7) is 0.426. The number of hydrogen-bond donors (Lipinski definition) is 0. The van der Waals surface area contributed by atoms with E-state index < -0.39 is 0 Å². The topological polar surface area (TPSA) is 89.5 Å². The van der Waals surface area contributed by atoms with Gasteiger partial charge in [-0.25, -0.2) is 4.98 Å². The van der Waals surface area contributed by atoms with Gasteiger partial charge in [-0.15, -0.1) is 0 Å². The highest BCUT2D eigenvalue weighted by atomic mass is 16.6. The van der Waals surface area contributed by atoms with Crippen molar-refractivity contribution in [2.75, 3.05) is 4.90 Å². The van der Waals surface area contributed by atoms with Crippen molar-refractivity contribution in [3.8, 4) is 11.3 Å². The normalized spacial score (nSPS) is 13.5. The first-order chi connectivity index (χ1) is 14.2. The Kier molecular flexibility index (Phi) is 4.16. The Morgan fingerprint density at radius 2 is 1.86 bits per heavy atom. The molecule has 0 saturated heterocycles. The third-order valence-electron chi connectivity index (χ3n) is 5.11. The summed E-state index contributed by atoms with van der Waals surface area (Å²) in [6, 6.07) is 19.1. The Morgan fingerprint density at radius 3 is 2.62 bits per heavy atom. The molecule has 5 rings (SSSR count). The molecule has 2 heterocycles. The van der Waals surface area contributed by atoms with Crippen molar-refractivity contribution < 1.29 is 4.92 Å². The number of nitrogens with zero attached hydrogens (tertiary/aromatic N) is 6. The van der Waals surface area contributed by atoms with Crippen molar-refractivity contribution >= 4 is 17.3 Å². The molecule has 0 aliphatic heterocycles. The number of aromatic nitrogens is 4. The van der Waals surface area contributed by atoms with Crippen LogP contribution in [0, 0.1) is 10.1 Å². The summed E-state index contributed by atoms with van der Waals surface area (Å²) >= 11 is 0. The Balaban J connectivity index is 1.62. The van der Waals surface area contributed by atoms with Crippen molar-refractivity contribution in [2.24, 2.45) is 0 Å². The minimum Gasteiger partial charge on any atom is -0.349 e.